The van der Waals surface area contributed by atoms with Gasteiger partial charge in [-0.3, -0.25) is 4.90 Å². The number of ether oxygens (including phenoxy) is 1. The fourth-order valence-electron chi connectivity index (χ4n) is 3.43. The zero-order chi connectivity index (χ0) is 18.5. The predicted molar refractivity (Wildman–Crippen MR) is 100 cm³/mol. The number of hydrogen-bond donors (Lipinski definition) is 0. The van der Waals surface area contributed by atoms with Crippen molar-refractivity contribution in [2.24, 2.45) is 0 Å². The van der Waals surface area contributed by atoms with E-state index in [9.17, 15) is 4.79 Å². The highest BCUT2D eigenvalue weighted by Gasteiger charge is 2.53. The molecule has 6 nitrogen and oxygen atoms in total. The highest BCUT2D eigenvalue weighted by molar-refractivity contribution is 6.55. The van der Waals surface area contributed by atoms with Gasteiger partial charge in [-0.05, 0) is 45.3 Å². The second kappa shape index (κ2) is 6.03. The van der Waals surface area contributed by atoms with Gasteiger partial charge in [-0.1, -0.05) is 18.2 Å². The summed E-state index contributed by atoms with van der Waals surface area (Å²) in [5.74, 6) is 0.755. The first kappa shape index (κ1) is 17.4. The minimum atomic E-state index is -0.394. The molecule has 3 aliphatic heterocycles. The van der Waals surface area contributed by atoms with Gasteiger partial charge < -0.3 is 18.9 Å². The Morgan fingerprint density at radius 2 is 1.81 bits per heavy atom. The van der Waals surface area contributed by atoms with Crippen LogP contribution in [0.5, 0.6) is 5.75 Å². The molecule has 138 valence electrons. The molecule has 0 radical (unpaired) electrons. The molecule has 0 atom stereocenters. The quantitative estimate of drug-likeness (QED) is 0.726. The largest absolute Gasteiger partial charge is 0.492 e. The van der Waals surface area contributed by atoms with Crippen molar-refractivity contribution in [2.75, 3.05) is 31.1 Å². The standard InChI is InChI=1S/C19H25BN2O4/c1-18(2)19(3,4)26-20(25-18)14-9-10-21(13-14)17(23)22-11-12-24-16-8-6-5-7-15(16)22/h5-9H,10-13H2,1-4H3. The zero-order valence-corrected chi connectivity index (χ0v) is 15.8. The summed E-state index contributed by atoms with van der Waals surface area (Å²) in [6, 6.07) is 7.65. The Morgan fingerprint density at radius 1 is 1.12 bits per heavy atom. The molecule has 0 saturated carbocycles. The Bertz CT molecular complexity index is 746. The van der Waals surface area contributed by atoms with Crippen molar-refractivity contribution in [3.8, 4) is 5.75 Å². The molecule has 4 rings (SSSR count). The maximum Gasteiger partial charge on any atom is 0.492 e. The molecule has 1 saturated heterocycles. The van der Waals surface area contributed by atoms with E-state index in [2.05, 4.69) is 0 Å². The fraction of sp³-hybridized carbons (Fsp3) is 0.526. The smallest absolute Gasteiger partial charge is 0.490 e. The van der Waals surface area contributed by atoms with Gasteiger partial charge in [0.1, 0.15) is 12.4 Å². The normalized spacial score (nSPS) is 23.5. The summed E-state index contributed by atoms with van der Waals surface area (Å²) >= 11 is 0. The number of para-hydroxylation sites is 2. The van der Waals surface area contributed by atoms with Crippen LogP contribution in [0.25, 0.3) is 0 Å². The minimum Gasteiger partial charge on any atom is -0.490 e. The lowest BCUT2D eigenvalue weighted by atomic mass is 9.79. The molecule has 0 unspecified atom stereocenters. The van der Waals surface area contributed by atoms with Gasteiger partial charge in [0.25, 0.3) is 0 Å². The van der Waals surface area contributed by atoms with Gasteiger partial charge in [0.15, 0.2) is 0 Å². The average molecular weight is 356 g/mol. The molecule has 3 aliphatic rings. The summed E-state index contributed by atoms with van der Waals surface area (Å²) in [4.78, 5) is 16.7. The van der Waals surface area contributed by atoms with Gasteiger partial charge in [-0.15, -0.1) is 0 Å². The van der Waals surface area contributed by atoms with Crippen LogP contribution in [0.3, 0.4) is 0 Å². The number of carbonyl (C=O) groups is 1. The van der Waals surface area contributed by atoms with E-state index < -0.39 is 7.12 Å². The van der Waals surface area contributed by atoms with Crippen LogP contribution in [0.4, 0.5) is 10.5 Å². The first-order valence-corrected chi connectivity index (χ1v) is 9.11. The monoisotopic (exact) mass is 356 g/mol. The zero-order valence-electron chi connectivity index (χ0n) is 15.8. The van der Waals surface area contributed by atoms with Crippen molar-refractivity contribution in [1.29, 1.82) is 0 Å². The van der Waals surface area contributed by atoms with E-state index in [4.69, 9.17) is 14.0 Å². The van der Waals surface area contributed by atoms with Crippen molar-refractivity contribution < 1.29 is 18.8 Å². The van der Waals surface area contributed by atoms with Crippen LogP contribution in [0.1, 0.15) is 27.7 Å². The number of nitrogens with zero attached hydrogens (tertiary/aromatic N) is 2. The van der Waals surface area contributed by atoms with E-state index in [-0.39, 0.29) is 17.2 Å². The second-order valence-corrected chi connectivity index (χ2v) is 8.00. The number of benzene rings is 1. The van der Waals surface area contributed by atoms with Gasteiger partial charge in [-0.2, -0.15) is 0 Å². The molecule has 0 aliphatic carbocycles. The Hall–Kier alpha value is -1.99. The number of hydrogen-bond acceptors (Lipinski definition) is 4. The van der Waals surface area contributed by atoms with E-state index >= 15 is 0 Å². The lowest BCUT2D eigenvalue weighted by Crippen LogP contribution is -2.46. The summed E-state index contributed by atoms with van der Waals surface area (Å²) in [5.41, 5.74) is 1.09. The highest BCUT2D eigenvalue weighted by Crippen LogP contribution is 2.39. The number of anilines is 1. The highest BCUT2D eigenvalue weighted by atomic mass is 16.7. The topological polar surface area (TPSA) is 51.2 Å². The molecule has 1 fully saturated rings. The second-order valence-electron chi connectivity index (χ2n) is 8.00. The molecular formula is C19H25BN2O4. The van der Waals surface area contributed by atoms with Gasteiger partial charge >= 0.3 is 13.1 Å². The molecule has 1 aromatic rings. The van der Waals surface area contributed by atoms with Crippen molar-refractivity contribution in [3.63, 3.8) is 0 Å². The predicted octanol–water partition coefficient (Wildman–Crippen LogP) is 2.88. The number of urea groups is 1. The van der Waals surface area contributed by atoms with Crippen LogP contribution >= 0.6 is 0 Å². The number of fused-ring (bicyclic) bond motifs is 1. The third-order valence-corrected chi connectivity index (χ3v) is 5.73. The summed E-state index contributed by atoms with van der Waals surface area (Å²) in [5, 5.41) is 0. The summed E-state index contributed by atoms with van der Waals surface area (Å²) in [6.45, 7) is 10.3. The van der Waals surface area contributed by atoms with Crippen LogP contribution < -0.4 is 9.64 Å². The van der Waals surface area contributed by atoms with E-state index in [1.54, 1.807) is 4.90 Å². The molecule has 0 bridgehead atoms. The van der Waals surface area contributed by atoms with E-state index in [0.29, 0.717) is 26.2 Å². The molecule has 2 amide bonds. The summed E-state index contributed by atoms with van der Waals surface area (Å²) < 4.78 is 17.9. The third-order valence-electron chi connectivity index (χ3n) is 5.73. The molecule has 1 aromatic carbocycles. The first-order chi connectivity index (χ1) is 12.3. The van der Waals surface area contributed by atoms with Gasteiger partial charge in [0.05, 0.1) is 23.4 Å². The Morgan fingerprint density at radius 3 is 2.54 bits per heavy atom. The van der Waals surface area contributed by atoms with Crippen molar-refractivity contribution in [1.82, 2.24) is 4.90 Å². The van der Waals surface area contributed by atoms with E-state index in [0.717, 1.165) is 16.9 Å². The van der Waals surface area contributed by atoms with Crippen LogP contribution in [0.15, 0.2) is 35.8 Å². The van der Waals surface area contributed by atoms with Gasteiger partial charge in [0.2, 0.25) is 0 Å². The van der Waals surface area contributed by atoms with Crippen LogP contribution in [-0.2, 0) is 9.31 Å². The van der Waals surface area contributed by atoms with E-state index in [1.165, 1.54) is 0 Å². The molecule has 3 heterocycles. The van der Waals surface area contributed by atoms with Gasteiger partial charge in [-0.25, -0.2) is 4.79 Å². The molecule has 7 heteroatoms. The van der Waals surface area contributed by atoms with Crippen molar-refractivity contribution >= 4 is 18.8 Å². The maximum atomic E-state index is 13.1. The molecular weight excluding hydrogens is 331 g/mol. The van der Waals surface area contributed by atoms with Crippen molar-refractivity contribution in [2.45, 2.75) is 38.9 Å². The SMILES string of the molecule is CC1(C)OB(C2=CCN(C(=O)N3CCOc4ccccc43)C2)OC1(C)C. The van der Waals surface area contributed by atoms with Gasteiger partial charge in [0, 0.05) is 13.1 Å². The van der Waals surface area contributed by atoms with Crippen LogP contribution in [-0.4, -0.2) is 55.5 Å². The lowest BCUT2D eigenvalue weighted by molar-refractivity contribution is 0.00578. The van der Waals surface area contributed by atoms with Crippen molar-refractivity contribution in [3.05, 3.63) is 35.8 Å². The number of carbonyl (C=O) groups excluding carboxylic acids is 1. The Balaban J connectivity index is 1.46. The minimum absolute atomic E-state index is 0.0106. The van der Waals surface area contributed by atoms with Crippen LogP contribution in [0, 0.1) is 0 Å². The third kappa shape index (κ3) is 2.79. The maximum absolute atomic E-state index is 13.1. The number of rotatable bonds is 1. The Kier molecular flexibility index (Phi) is 4.04. The van der Waals surface area contributed by atoms with Crippen LogP contribution in [0.2, 0.25) is 0 Å². The fourth-order valence-corrected chi connectivity index (χ4v) is 3.43. The molecule has 0 aromatic heterocycles. The first-order valence-electron chi connectivity index (χ1n) is 9.11. The summed E-state index contributed by atoms with van der Waals surface area (Å²) in [7, 11) is -0.394. The number of amides is 2. The average Bonchev–Trinajstić information content (AvgIpc) is 3.17. The molecule has 26 heavy (non-hydrogen) atoms. The molecule has 0 spiro atoms. The molecule has 0 N–H and O–H groups in total. The van der Waals surface area contributed by atoms with E-state index in [1.807, 2.05) is 62.9 Å². The summed E-state index contributed by atoms with van der Waals surface area (Å²) in [6.07, 6.45) is 2.05. The lowest BCUT2D eigenvalue weighted by Gasteiger charge is -2.32. The Labute approximate surface area is 154 Å².